The molecule has 0 radical (unpaired) electrons. The molecule has 4 heterocycles. The number of aliphatic hydroxyl groups is 7. The molecular weight excluding hydrogens is 737 g/mol. The first-order valence-corrected chi connectivity index (χ1v) is 17.9. The van der Waals surface area contributed by atoms with Gasteiger partial charge in [-0.15, -0.1) is 5.10 Å². The van der Waals surface area contributed by atoms with Crippen molar-refractivity contribution in [1.29, 1.82) is 0 Å². The van der Waals surface area contributed by atoms with Gasteiger partial charge in [0, 0.05) is 12.6 Å². The Balaban J connectivity index is 1.28. The van der Waals surface area contributed by atoms with Crippen LogP contribution in [-0.4, -0.2) is 150 Å². The third kappa shape index (κ3) is 8.91. The van der Waals surface area contributed by atoms with Crippen molar-refractivity contribution < 1.29 is 78.4 Å². The quantitative estimate of drug-likeness (QED) is 0.0801. The molecule has 5 rings (SSSR count). The fourth-order valence-electron chi connectivity index (χ4n) is 6.44. The van der Waals surface area contributed by atoms with Crippen molar-refractivity contribution in [1.82, 2.24) is 29.9 Å². The first-order valence-electron chi connectivity index (χ1n) is 16.4. The molecule has 0 spiro atoms. The standard InChI is InChI=1S/C28H42N7O17P/c29-17-4-7-35(26(45)30-17)24-22(42)21(41)15(50-24)12-49-53(47,48)52-28(25(43)44)8-13(37)19(23(51-28)20(40)14(38)11-36)31-18(39)10-34-9-16(32-33-34)27(46)5-2-1-3-6-27/h4,7,9,13-15,19-24,36-38,40-42,46H,1-3,5-6,8,10-12H2,(H,31,39)(H,43,44)(H,47,48)(H2,29,30,45)/t13-,14+,15+,19+,20+,21+,22+,23+,24+,28+/m0/s1. The molecule has 296 valence electrons. The Morgan fingerprint density at radius 2 is 1.87 bits per heavy atom. The molecule has 2 saturated heterocycles. The fraction of sp³-hybridized carbons (Fsp3) is 0.714. The van der Waals surface area contributed by atoms with Gasteiger partial charge >= 0.3 is 19.5 Å². The summed E-state index contributed by atoms with van der Waals surface area (Å²) in [5.74, 6) is -6.48. The summed E-state index contributed by atoms with van der Waals surface area (Å²) in [6.07, 6.45) is -10.6. The summed E-state index contributed by atoms with van der Waals surface area (Å²) < 4.78 is 35.5. The van der Waals surface area contributed by atoms with Gasteiger partial charge in [0.25, 0.3) is 5.79 Å². The summed E-state index contributed by atoms with van der Waals surface area (Å²) in [5, 5.41) is 93.6. The number of nitrogens with two attached hydrogens (primary N) is 1. The van der Waals surface area contributed by atoms with E-state index in [-0.39, 0.29) is 11.5 Å². The van der Waals surface area contributed by atoms with Gasteiger partial charge in [-0.1, -0.05) is 24.5 Å². The number of aromatic nitrogens is 5. The zero-order valence-electron chi connectivity index (χ0n) is 27.8. The Bertz CT molecular complexity index is 1720. The van der Waals surface area contributed by atoms with Gasteiger partial charge in [0.2, 0.25) is 5.91 Å². The number of carbonyl (C=O) groups is 2. The smallest absolute Gasteiger partial charge is 0.475 e. The van der Waals surface area contributed by atoms with Gasteiger partial charge in [-0.2, -0.15) is 4.98 Å². The number of phosphoric acid groups is 1. The summed E-state index contributed by atoms with van der Waals surface area (Å²) >= 11 is 0. The number of nitrogen functional groups attached to an aromatic ring is 1. The molecule has 25 heteroatoms. The molecule has 1 saturated carbocycles. The van der Waals surface area contributed by atoms with Crippen molar-refractivity contribution in [3.05, 3.63) is 34.6 Å². The van der Waals surface area contributed by atoms with E-state index in [2.05, 4.69) is 20.6 Å². The van der Waals surface area contributed by atoms with Crippen LogP contribution in [0.5, 0.6) is 0 Å². The average molecular weight is 780 g/mol. The highest BCUT2D eigenvalue weighted by Crippen LogP contribution is 2.51. The topological polar surface area (TPSA) is 374 Å². The number of aliphatic carboxylic acids is 1. The number of nitrogens with one attached hydrogen (secondary N) is 1. The van der Waals surface area contributed by atoms with Gasteiger partial charge in [0.05, 0.1) is 31.6 Å². The molecule has 0 aromatic carbocycles. The summed E-state index contributed by atoms with van der Waals surface area (Å²) in [7, 11) is -5.62. The predicted octanol–water partition coefficient (Wildman–Crippen LogP) is -4.85. The van der Waals surface area contributed by atoms with Gasteiger partial charge in [-0.3, -0.25) is 13.9 Å². The van der Waals surface area contributed by atoms with Gasteiger partial charge in [-0.25, -0.2) is 23.4 Å². The van der Waals surface area contributed by atoms with E-state index in [9.17, 15) is 64.7 Å². The van der Waals surface area contributed by atoms with Gasteiger partial charge in [0.1, 0.15) is 60.3 Å². The normalized spacial score (nSPS) is 32.4. The first-order chi connectivity index (χ1) is 24.9. The van der Waals surface area contributed by atoms with E-state index in [4.69, 9.17) is 24.3 Å². The van der Waals surface area contributed by atoms with Crippen molar-refractivity contribution >= 4 is 25.5 Å². The van der Waals surface area contributed by atoms with Crippen molar-refractivity contribution in [2.45, 2.75) is 111 Å². The molecule has 1 aliphatic carbocycles. The Hall–Kier alpha value is -3.49. The monoisotopic (exact) mass is 779 g/mol. The van der Waals surface area contributed by atoms with Crippen LogP contribution in [0.15, 0.2) is 23.3 Å². The second-order valence-corrected chi connectivity index (χ2v) is 14.5. The molecule has 3 fully saturated rings. The number of nitrogens with zero attached hydrogens (tertiary/aromatic N) is 5. The molecule has 12 N–H and O–H groups in total. The molecular formula is C28H42N7O17P. The van der Waals surface area contributed by atoms with E-state index in [1.807, 2.05) is 0 Å². The minimum atomic E-state index is -5.62. The summed E-state index contributed by atoms with van der Waals surface area (Å²) in [4.78, 5) is 51.9. The van der Waals surface area contributed by atoms with Crippen LogP contribution in [0.2, 0.25) is 0 Å². The van der Waals surface area contributed by atoms with Crippen molar-refractivity contribution in [3.63, 3.8) is 0 Å². The second kappa shape index (κ2) is 16.1. The fourth-order valence-corrected chi connectivity index (χ4v) is 7.40. The van der Waals surface area contributed by atoms with E-state index in [1.165, 1.54) is 12.3 Å². The lowest BCUT2D eigenvalue weighted by Crippen LogP contribution is -2.68. The lowest BCUT2D eigenvalue weighted by Gasteiger charge is -2.46. The Labute approximate surface area is 298 Å². The Morgan fingerprint density at radius 1 is 1.17 bits per heavy atom. The van der Waals surface area contributed by atoms with Crippen LogP contribution >= 0.6 is 7.82 Å². The van der Waals surface area contributed by atoms with Crippen molar-refractivity contribution in [3.8, 4) is 0 Å². The van der Waals surface area contributed by atoms with Crippen molar-refractivity contribution in [2.75, 3.05) is 18.9 Å². The highest BCUT2D eigenvalue weighted by molar-refractivity contribution is 7.47. The minimum absolute atomic E-state index is 0.148. The number of anilines is 1. The van der Waals surface area contributed by atoms with E-state index >= 15 is 0 Å². The number of phosphoric ester groups is 1. The maximum Gasteiger partial charge on any atom is 0.475 e. The van der Waals surface area contributed by atoms with Crippen molar-refractivity contribution in [2.24, 2.45) is 0 Å². The van der Waals surface area contributed by atoms with Crippen LogP contribution in [-0.2, 0) is 44.8 Å². The number of aliphatic hydroxyl groups excluding tert-OH is 6. The largest absolute Gasteiger partial charge is 0.477 e. The third-order valence-electron chi connectivity index (χ3n) is 9.27. The predicted molar refractivity (Wildman–Crippen MR) is 170 cm³/mol. The number of hydrogen-bond acceptors (Lipinski definition) is 19. The highest BCUT2D eigenvalue weighted by atomic mass is 31.2. The van der Waals surface area contributed by atoms with Crippen LogP contribution in [0.3, 0.4) is 0 Å². The molecule has 2 aromatic heterocycles. The van der Waals surface area contributed by atoms with E-state index in [0.29, 0.717) is 12.8 Å². The molecule has 2 aliphatic heterocycles. The maximum absolute atomic E-state index is 13.1. The second-order valence-electron chi connectivity index (χ2n) is 13.1. The summed E-state index contributed by atoms with van der Waals surface area (Å²) in [5.41, 5.74) is 3.50. The van der Waals surface area contributed by atoms with Gasteiger partial charge in [0.15, 0.2) is 6.23 Å². The third-order valence-corrected chi connectivity index (χ3v) is 10.3. The summed E-state index contributed by atoms with van der Waals surface area (Å²) in [6, 6.07) is -0.533. The number of carboxylic acid groups (broad SMARTS) is 1. The van der Waals surface area contributed by atoms with Crippen LogP contribution in [0.4, 0.5) is 5.82 Å². The molecule has 2 aromatic rings. The van der Waals surface area contributed by atoms with Crippen LogP contribution in [0.25, 0.3) is 0 Å². The lowest BCUT2D eigenvalue weighted by atomic mass is 9.83. The maximum atomic E-state index is 13.1. The molecule has 53 heavy (non-hydrogen) atoms. The number of rotatable bonds is 14. The van der Waals surface area contributed by atoms with E-state index in [1.54, 1.807) is 0 Å². The Morgan fingerprint density at radius 3 is 2.51 bits per heavy atom. The number of ether oxygens (including phenoxy) is 2. The molecule has 1 amide bonds. The average Bonchev–Trinajstić information content (AvgIpc) is 3.68. The number of carbonyl (C=O) groups excluding carboxylic acids is 1. The minimum Gasteiger partial charge on any atom is -0.477 e. The molecule has 0 bridgehead atoms. The van der Waals surface area contributed by atoms with Gasteiger partial charge in [-0.05, 0) is 18.9 Å². The van der Waals surface area contributed by atoms with Crippen LogP contribution in [0, 0.1) is 0 Å². The Kier molecular flexibility index (Phi) is 12.3. The van der Waals surface area contributed by atoms with E-state index in [0.717, 1.165) is 34.7 Å². The number of hydrogen-bond donors (Lipinski definition) is 11. The van der Waals surface area contributed by atoms with Gasteiger partial charge < -0.3 is 66.3 Å². The first kappa shape index (κ1) is 40.7. The number of carboxylic acids is 1. The molecule has 3 aliphatic rings. The highest BCUT2D eigenvalue weighted by Gasteiger charge is 2.59. The lowest BCUT2D eigenvalue weighted by molar-refractivity contribution is -0.289. The zero-order valence-corrected chi connectivity index (χ0v) is 28.7. The zero-order chi connectivity index (χ0) is 38.9. The van der Waals surface area contributed by atoms with Crippen LogP contribution < -0.4 is 16.7 Å². The molecule has 11 atom stereocenters. The van der Waals surface area contributed by atoms with Crippen LogP contribution in [0.1, 0.15) is 50.4 Å². The SMILES string of the molecule is Nc1ccn([C@@H]2O[C@H](COP(=O)(O)O[C@@]3(C(=O)O)C[C@H](O)[C@@H](NC(=O)Cn4cc(C5(O)CCCCC5)nn4)[C@H]([C@H](O)[C@H](O)CO)O3)[C@@H](O)[C@H]2O)c(=O)n1. The van der Waals surface area contributed by atoms with E-state index < -0.39 is 118 Å². The molecule has 1 unspecified atom stereocenters. The molecule has 24 nitrogen and oxygen atoms in total. The number of amides is 1. The summed E-state index contributed by atoms with van der Waals surface area (Å²) in [6.45, 7) is -2.71.